The Balaban J connectivity index is 0.00000144. The molecular formula is C18H21ClN2O. The molecule has 1 atom stereocenters. The van der Waals surface area contributed by atoms with Gasteiger partial charge in [0.05, 0.1) is 19.3 Å². The van der Waals surface area contributed by atoms with E-state index in [4.69, 9.17) is 4.74 Å². The lowest BCUT2D eigenvalue weighted by Gasteiger charge is -2.24. The summed E-state index contributed by atoms with van der Waals surface area (Å²) < 4.78 is 7.98. The molecule has 4 heteroatoms. The summed E-state index contributed by atoms with van der Waals surface area (Å²) in [6, 6.07) is 15.8. The number of aromatic nitrogens is 1. The molecule has 1 fully saturated rings. The van der Waals surface area contributed by atoms with Crippen LogP contribution in [0.2, 0.25) is 0 Å². The highest BCUT2D eigenvalue weighted by Crippen LogP contribution is 2.31. The third kappa shape index (κ3) is 2.39. The van der Waals surface area contributed by atoms with Gasteiger partial charge in [-0.05, 0) is 30.7 Å². The second-order valence-electron chi connectivity index (χ2n) is 5.62. The van der Waals surface area contributed by atoms with Gasteiger partial charge >= 0.3 is 0 Å². The minimum absolute atomic E-state index is 0. The van der Waals surface area contributed by atoms with Crippen molar-refractivity contribution < 1.29 is 4.74 Å². The molecule has 1 aliphatic rings. The summed E-state index contributed by atoms with van der Waals surface area (Å²) in [5.41, 5.74) is 3.96. The number of morpholine rings is 1. The fraction of sp³-hybridized carbons (Fsp3) is 0.333. The fourth-order valence-electron chi connectivity index (χ4n) is 3.41. The van der Waals surface area contributed by atoms with E-state index in [2.05, 4.69) is 59.3 Å². The van der Waals surface area contributed by atoms with E-state index < -0.39 is 0 Å². The first-order valence-electron chi connectivity index (χ1n) is 7.70. The standard InChI is InChI=1S/C18H20N2O.ClH/c1-2-20-17-6-4-3-5-14(17)15-11-13(7-8-18(15)20)16-12-21-10-9-19-16;/h3-8,11,16,19H,2,9-10,12H2,1H3;1H/t16-;/m1./s1. The normalized spacial score (nSPS) is 18.5. The molecule has 0 radical (unpaired) electrons. The molecule has 1 saturated heterocycles. The van der Waals surface area contributed by atoms with Gasteiger partial charge in [-0.25, -0.2) is 0 Å². The minimum atomic E-state index is 0. The maximum absolute atomic E-state index is 5.59. The van der Waals surface area contributed by atoms with Crippen LogP contribution in [-0.2, 0) is 11.3 Å². The summed E-state index contributed by atoms with van der Waals surface area (Å²) in [6.07, 6.45) is 0. The first-order chi connectivity index (χ1) is 10.4. The van der Waals surface area contributed by atoms with Crippen molar-refractivity contribution >= 4 is 34.2 Å². The molecule has 3 nitrogen and oxygen atoms in total. The van der Waals surface area contributed by atoms with Gasteiger partial charge in [0.2, 0.25) is 0 Å². The third-order valence-corrected chi connectivity index (χ3v) is 4.44. The van der Waals surface area contributed by atoms with Crippen LogP contribution in [-0.4, -0.2) is 24.3 Å². The number of benzene rings is 2. The van der Waals surface area contributed by atoms with Crippen LogP contribution in [0, 0.1) is 0 Å². The fourth-order valence-corrected chi connectivity index (χ4v) is 3.41. The molecule has 1 aromatic heterocycles. The van der Waals surface area contributed by atoms with Crippen LogP contribution in [0.3, 0.4) is 0 Å². The quantitative estimate of drug-likeness (QED) is 0.776. The first kappa shape index (κ1) is 15.3. The average Bonchev–Trinajstić information content (AvgIpc) is 2.88. The van der Waals surface area contributed by atoms with Crippen molar-refractivity contribution in [2.75, 3.05) is 19.8 Å². The molecule has 2 aromatic carbocycles. The molecule has 22 heavy (non-hydrogen) atoms. The molecule has 3 aromatic rings. The molecule has 116 valence electrons. The Hall–Kier alpha value is -1.55. The lowest BCUT2D eigenvalue weighted by atomic mass is 10.0. The molecule has 0 spiro atoms. The summed E-state index contributed by atoms with van der Waals surface area (Å²) in [4.78, 5) is 0. The van der Waals surface area contributed by atoms with Gasteiger partial charge in [-0.3, -0.25) is 0 Å². The smallest absolute Gasteiger partial charge is 0.0662 e. The van der Waals surface area contributed by atoms with Crippen LogP contribution >= 0.6 is 12.4 Å². The molecule has 1 N–H and O–H groups in total. The summed E-state index contributed by atoms with van der Waals surface area (Å²) >= 11 is 0. The Bertz CT molecular complexity index is 790. The van der Waals surface area contributed by atoms with Crippen molar-refractivity contribution in [2.24, 2.45) is 0 Å². The van der Waals surface area contributed by atoms with Gasteiger partial charge in [-0.1, -0.05) is 24.3 Å². The van der Waals surface area contributed by atoms with Crippen LogP contribution in [0.25, 0.3) is 21.8 Å². The van der Waals surface area contributed by atoms with Crippen molar-refractivity contribution in [1.82, 2.24) is 9.88 Å². The number of para-hydroxylation sites is 1. The first-order valence-corrected chi connectivity index (χ1v) is 7.70. The minimum Gasteiger partial charge on any atom is -0.378 e. The number of halogens is 1. The van der Waals surface area contributed by atoms with E-state index in [-0.39, 0.29) is 12.4 Å². The molecule has 0 aliphatic carbocycles. The number of nitrogens with zero attached hydrogens (tertiary/aromatic N) is 1. The summed E-state index contributed by atoms with van der Waals surface area (Å²) in [5.74, 6) is 0. The molecule has 0 saturated carbocycles. The molecule has 0 unspecified atom stereocenters. The van der Waals surface area contributed by atoms with Crippen LogP contribution in [0.5, 0.6) is 0 Å². The molecular weight excluding hydrogens is 296 g/mol. The van der Waals surface area contributed by atoms with E-state index in [0.717, 1.165) is 26.3 Å². The van der Waals surface area contributed by atoms with E-state index in [0.29, 0.717) is 6.04 Å². The van der Waals surface area contributed by atoms with E-state index in [9.17, 15) is 0 Å². The van der Waals surface area contributed by atoms with Gasteiger partial charge in [0.1, 0.15) is 0 Å². The lowest BCUT2D eigenvalue weighted by Crippen LogP contribution is -2.34. The number of hydrogen-bond donors (Lipinski definition) is 1. The predicted octanol–water partition coefficient (Wildman–Crippen LogP) is 3.90. The Kier molecular flexibility index (Phi) is 4.39. The number of ether oxygens (including phenoxy) is 1. The predicted molar refractivity (Wildman–Crippen MR) is 93.9 cm³/mol. The maximum Gasteiger partial charge on any atom is 0.0662 e. The van der Waals surface area contributed by atoms with Gasteiger partial charge in [-0.15, -0.1) is 12.4 Å². The van der Waals surface area contributed by atoms with Gasteiger partial charge in [0.15, 0.2) is 0 Å². The number of rotatable bonds is 2. The maximum atomic E-state index is 5.59. The zero-order valence-electron chi connectivity index (χ0n) is 12.7. The Morgan fingerprint density at radius 3 is 2.73 bits per heavy atom. The van der Waals surface area contributed by atoms with E-state index in [1.165, 1.54) is 27.4 Å². The van der Waals surface area contributed by atoms with Gasteiger partial charge < -0.3 is 14.6 Å². The lowest BCUT2D eigenvalue weighted by molar-refractivity contribution is 0.0769. The number of aryl methyl sites for hydroxylation is 1. The second kappa shape index (κ2) is 6.29. The summed E-state index contributed by atoms with van der Waals surface area (Å²) in [7, 11) is 0. The molecule has 0 bridgehead atoms. The Morgan fingerprint density at radius 1 is 1.14 bits per heavy atom. The molecule has 0 amide bonds. The number of fused-ring (bicyclic) bond motifs is 3. The Morgan fingerprint density at radius 2 is 1.95 bits per heavy atom. The second-order valence-corrected chi connectivity index (χ2v) is 5.62. The third-order valence-electron chi connectivity index (χ3n) is 4.44. The topological polar surface area (TPSA) is 26.2 Å². The average molecular weight is 317 g/mol. The highest BCUT2D eigenvalue weighted by atomic mass is 35.5. The van der Waals surface area contributed by atoms with Crippen LogP contribution in [0.4, 0.5) is 0 Å². The van der Waals surface area contributed by atoms with Crippen molar-refractivity contribution in [3.05, 3.63) is 48.0 Å². The monoisotopic (exact) mass is 316 g/mol. The molecule has 2 heterocycles. The number of nitrogens with one attached hydrogen (secondary N) is 1. The zero-order valence-corrected chi connectivity index (χ0v) is 13.5. The van der Waals surface area contributed by atoms with Crippen molar-refractivity contribution in [2.45, 2.75) is 19.5 Å². The largest absolute Gasteiger partial charge is 0.378 e. The molecule has 1 aliphatic heterocycles. The zero-order chi connectivity index (χ0) is 14.2. The number of hydrogen-bond acceptors (Lipinski definition) is 2. The van der Waals surface area contributed by atoms with Gasteiger partial charge in [-0.2, -0.15) is 0 Å². The van der Waals surface area contributed by atoms with Gasteiger partial charge in [0, 0.05) is 34.9 Å². The van der Waals surface area contributed by atoms with E-state index in [1.807, 2.05) is 0 Å². The highest BCUT2D eigenvalue weighted by molar-refractivity contribution is 6.08. The summed E-state index contributed by atoms with van der Waals surface area (Å²) in [5, 5.41) is 6.22. The van der Waals surface area contributed by atoms with Crippen molar-refractivity contribution in [1.29, 1.82) is 0 Å². The SMILES string of the molecule is CCn1c2ccccc2c2cc([C@H]3COCCN3)ccc21.Cl. The van der Waals surface area contributed by atoms with Crippen molar-refractivity contribution in [3.8, 4) is 0 Å². The highest BCUT2D eigenvalue weighted by Gasteiger charge is 2.17. The summed E-state index contributed by atoms with van der Waals surface area (Å²) in [6.45, 7) is 5.70. The van der Waals surface area contributed by atoms with E-state index in [1.54, 1.807) is 0 Å². The van der Waals surface area contributed by atoms with Crippen LogP contribution < -0.4 is 5.32 Å². The van der Waals surface area contributed by atoms with Crippen LogP contribution in [0.15, 0.2) is 42.5 Å². The molecule has 4 rings (SSSR count). The van der Waals surface area contributed by atoms with Gasteiger partial charge in [0.25, 0.3) is 0 Å². The Labute approximate surface area is 136 Å². The van der Waals surface area contributed by atoms with Crippen LogP contribution in [0.1, 0.15) is 18.5 Å². The van der Waals surface area contributed by atoms with Crippen molar-refractivity contribution in [3.63, 3.8) is 0 Å². The van der Waals surface area contributed by atoms with E-state index >= 15 is 0 Å².